The molecule has 0 spiro atoms. The minimum absolute atomic E-state index is 0.715. The van der Waals surface area contributed by atoms with Crippen molar-refractivity contribution in [2.24, 2.45) is 11.8 Å². The van der Waals surface area contributed by atoms with Crippen molar-refractivity contribution in [2.45, 2.75) is 45.2 Å². The fraction of sp³-hybridized carbons (Fsp3) is 1.00. The van der Waals surface area contributed by atoms with Gasteiger partial charge in [-0.1, -0.05) is 6.92 Å². The molecule has 2 fully saturated rings. The third kappa shape index (κ3) is 2.23. The summed E-state index contributed by atoms with van der Waals surface area (Å²) >= 11 is 0. The van der Waals surface area contributed by atoms with Crippen molar-refractivity contribution in [2.75, 3.05) is 13.1 Å². The zero-order chi connectivity index (χ0) is 9.26. The molecule has 1 saturated carbocycles. The molecule has 0 aromatic rings. The lowest BCUT2D eigenvalue weighted by Crippen LogP contribution is -2.47. The highest BCUT2D eigenvalue weighted by Gasteiger charge is 2.29. The zero-order valence-electron chi connectivity index (χ0n) is 8.84. The first-order chi connectivity index (χ1) is 6.25. The number of hydrogen-bond acceptors (Lipinski definition) is 2. The molecule has 2 heteroatoms. The molecule has 1 aliphatic heterocycles. The Morgan fingerprint density at radius 3 is 2.69 bits per heavy atom. The minimum atomic E-state index is 0.715. The molecule has 2 aliphatic rings. The summed E-state index contributed by atoms with van der Waals surface area (Å²) in [5.41, 5.74) is 0. The Kier molecular flexibility index (Phi) is 2.89. The molecule has 0 aromatic heterocycles. The van der Waals surface area contributed by atoms with Crippen LogP contribution in [0.5, 0.6) is 0 Å². The third-order valence-electron chi connectivity index (χ3n) is 3.68. The van der Waals surface area contributed by atoms with Crippen LogP contribution < -0.4 is 10.6 Å². The van der Waals surface area contributed by atoms with Gasteiger partial charge < -0.3 is 10.6 Å². The van der Waals surface area contributed by atoms with Crippen LogP contribution in [-0.4, -0.2) is 25.2 Å². The maximum Gasteiger partial charge on any atom is 0.00821 e. The quantitative estimate of drug-likeness (QED) is 0.689. The highest BCUT2D eigenvalue weighted by molar-refractivity contribution is 4.88. The van der Waals surface area contributed by atoms with Crippen molar-refractivity contribution >= 4 is 0 Å². The summed E-state index contributed by atoms with van der Waals surface area (Å²) in [5, 5.41) is 7.18. The normalized spacial score (nSPS) is 41.5. The first-order valence-electron chi connectivity index (χ1n) is 5.72. The van der Waals surface area contributed by atoms with Crippen LogP contribution in [0.3, 0.4) is 0 Å². The van der Waals surface area contributed by atoms with E-state index in [1.807, 2.05) is 0 Å². The van der Waals surface area contributed by atoms with Crippen molar-refractivity contribution in [3.63, 3.8) is 0 Å². The maximum absolute atomic E-state index is 3.75. The van der Waals surface area contributed by atoms with Gasteiger partial charge in [0.05, 0.1) is 0 Å². The fourth-order valence-corrected chi connectivity index (χ4v) is 2.65. The number of nitrogens with one attached hydrogen (secondary N) is 2. The second kappa shape index (κ2) is 3.97. The van der Waals surface area contributed by atoms with Crippen molar-refractivity contribution in [3.8, 4) is 0 Å². The first-order valence-corrected chi connectivity index (χ1v) is 5.72. The second-order valence-corrected chi connectivity index (χ2v) is 4.98. The summed E-state index contributed by atoms with van der Waals surface area (Å²) in [6.07, 6.45) is 4.14. The SMILES string of the molecule is CC1CC(NC(C)C2CCNC2)C1. The van der Waals surface area contributed by atoms with Gasteiger partial charge >= 0.3 is 0 Å². The third-order valence-corrected chi connectivity index (χ3v) is 3.68. The summed E-state index contributed by atoms with van der Waals surface area (Å²) in [7, 11) is 0. The monoisotopic (exact) mass is 182 g/mol. The van der Waals surface area contributed by atoms with Crippen molar-refractivity contribution in [1.82, 2.24) is 10.6 Å². The van der Waals surface area contributed by atoms with Crippen LogP contribution in [0.1, 0.15) is 33.1 Å². The summed E-state index contributed by atoms with van der Waals surface area (Å²) in [5.74, 6) is 1.84. The molecule has 0 radical (unpaired) electrons. The number of hydrogen-bond donors (Lipinski definition) is 2. The van der Waals surface area contributed by atoms with Crippen LogP contribution in [-0.2, 0) is 0 Å². The van der Waals surface area contributed by atoms with E-state index in [2.05, 4.69) is 24.5 Å². The highest BCUT2D eigenvalue weighted by atomic mass is 15.0. The van der Waals surface area contributed by atoms with E-state index in [1.165, 1.54) is 32.4 Å². The van der Waals surface area contributed by atoms with Crippen LogP contribution in [0.2, 0.25) is 0 Å². The van der Waals surface area contributed by atoms with Crippen LogP contribution in [0.15, 0.2) is 0 Å². The highest BCUT2D eigenvalue weighted by Crippen LogP contribution is 2.27. The summed E-state index contributed by atoms with van der Waals surface area (Å²) in [6, 6.07) is 1.54. The van der Waals surface area contributed by atoms with Crippen molar-refractivity contribution in [3.05, 3.63) is 0 Å². The van der Waals surface area contributed by atoms with Gasteiger partial charge in [0.25, 0.3) is 0 Å². The average molecular weight is 182 g/mol. The Morgan fingerprint density at radius 1 is 1.38 bits per heavy atom. The topological polar surface area (TPSA) is 24.1 Å². The van der Waals surface area contributed by atoms with E-state index in [-0.39, 0.29) is 0 Å². The van der Waals surface area contributed by atoms with Gasteiger partial charge in [-0.2, -0.15) is 0 Å². The summed E-state index contributed by atoms with van der Waals surface area (Å²) in [4.78, 5) is 0. The van der Waals surface area contributed by atoms with Crippen LogP contribution >= 0.6 is 0 Å². The molecule has 0 amide bonds. The van der Waals surface area contributed by atoms with Gasteiger partial charge in [-0.05, 0) is 51.1 Å². The molecule has 2 N–H and O–H groups in total. The van der Waals surface area contributed by atoms with E-state index < -0.39 is 0 Å². The minimum Gasteiger partial charge on any atom is -0.316 e. The molecule has 0 bridgehead atoms. The molecular weight excluding hydrogens is 160 g/mol. The van der Waals surface area contributed by atoms with Crippen LogP contribution in [0.25, 0.3) is 0 Å². The van der Waals surface area contributed by atoms with Crippen molar-refractivity contribution in [1.29, 1.82) is 0 Å². The van der Waals surface area contributed by atoms with Gasteiger partial charge in [-0.3, -0.25) is 0 Å². The van der Waals surface area contributed by atoms with Gasteiger partial charge in [0.2, 0.25) is 0 Å². The van der Waals surface area contributed by atoms with Gasteiger partial charge in [-0.15, -0.1) is 0 Å². The molecule has 2 rings (SSSR count). The Balaban J connectivity index is 1.68. The van der Waals surface area contributed by atoms with E-state index in [0.29, 0.717) is 6.04 Å². The molecule has 1 saturated heterocycles. The lowest BCUT2D eigenvalue weighted by Gasteiger charge is -2.37. The molecule has 2 atom stereocenters. The van der Waals surface area contributed by atoms with Gasteiger partial charge in [0.15, 0.2) is 0 Å². The summed E-state index contributed by atoms with van der Waals surface area (Å²) < 4.78 is 0. The molecule has 1 heterocycles. The lowest BCUT2D eigenvalue weighted by molar-refractivity contribution is 0.207. The molecule has 2 nitrogen and oxygen atoms in total. The van der Waals surface area contributed by atoms with Crippen LogP contribution in [0.4, 0.5) is 0 Å². The second-order valence-electron chi connectivity index (χ2n) is 4.98. The van der Waals surface area contributed by atoms with Gasteiger partial charge in [0.1, 0.15) is 0 Å². The number of rotatable bonds is 3. The van der Waals surface area contributed by atoms with E-state index >= 15 is 0 Å². The van der Waals surface area contributed by atoms with Gasteiger partial charge in [-0.25, -0.2) is 0 Å². The van der Waals surface area contributed by atoms with Crippen molar-refractivity contribution < 1.29 is 0 Å². The fourth-order valence-electron chi connectivity index (χ4n) is 2.65. The average Bonchev–Trinajstić information content (AvgIpc) is 2.53. The standard InChI is InChI=1S/C11H22N2/c1-8-5-11(6-8)13-9(2)10-3-4-12-7-10/h8-13H,3-7H2,1-2H3. The maximum atomic E-state index is 3.75. The molecule has 1 aliphatic carbocycles. The van der Waals surface area contributed by atoms with Crippen LogP contribution in [0, 0.1) is 11.8 Å². The first kappa shape index (κ1) is 9.47. The smallest absolute Gasteiger partial charge is 0.00821 e. The zero-order valence-corrected chi connectivity index (χ0v) is 8.84. The molecule has 13 heavy (non-hydrogen) atoms. The molecular formula is C11H22N2. The van der Waals surface area contributed by atoms with E-state index in [9.17, 15) is 0 Å². The predicted molar refractivity (Wildman–Crippen MR) is 55.8 cm³/mol. The predicted octanol–water partition coefficient (Wildman–Crippen LogP) is 1.37. The lowest BCUT2D eigenvalue weighted by atomic mass is 9.81. The Morgan fingerprint density at radius 2 is 2.15 bits per heavy atom. The van der Waals surface area contributed by atoms with E-state index in [4.69, 9.17) is 0 Å². The van der Waals surface area contributed by atoms with Gasteiger partial charge in [0, 0.05) is 12.1 Å². The molecule has 0 aromatic carbocycles. The Labute approximate surface area is 81.5 Å². The van der Waals surface area contributed by atoms with E-state index in [1.54, 1.807) is 0 Å². The largest absolute Gasteiger partial charge is 0.316 e. The Hall–Kier alpha value is -0.0800. The Bertz CT molecular complexity index is 157. The van der Waals surface area contributed by atoms with E-state index in [0.717, 1.165) is 17.9 Å². The molecule has 76 valence electrons. The summed E-state index contributed by atoms with van der Waals surface area (Å²) in [6.45, 7) is 7.13. The molecule has 2 unspecified atom stereocenters.